The predicted octanol–water partition coefficient (Wildman–Crippen LogP) is 1.37. The SMILES string of the molecule is Cn1c(=O)c2c(c(C(=O)O)c(N3CCC[C@@H](N)C3)n2Cc2ccccc2Cl)n(C)c1=O. The van der Waals surface area contributed by atoms with Gasteiger partial charge in [0.15, 0.2) is 0 Å². The number of rotatable bonds is 4. The molecular formula is C21H24ClN5O4. The normalized spacial score (nSPS) is 16.8. The number of halogens is 1. The lowest BCUT2D eigenvalue weighted by Crippen LogP contribution is -2.44. The molecule has 2 aromatic heterocycles. The smallest absolute Gasteiger partial charge is 0.341 e. The molecule has 0 saturated carbocycles. The van der Waals surface area contributed by atoms with Crippen LogP contribution in [0.2, 0.25) is 5.02 Å². The zero-order chi connectivity index (χ0) is 22.4. The lowest BCUT2D eigenvalue weighted by Gasteiger charge is -2.33. The molecule has 0 bridgehead atoms. The molecule has 1 aliphatic rings. The summed E-state index contributed by atoms with van der Waals surface area (Å²) in [4.78, 5) is 40.1. The van der Waals surface area contributed by atoms with Gasteiger partial charge in [-0.25, -0.2) is 9.59 Å². The molecule has 10 heteroatoms. The maximum Gasteiger partial charge on any atom is 0.341 e. The Hall–Kier alpha value is -3.04. The van der Waals surface area contributed by atoms with Crippen molar-refractivity contribution in [1.29, 1.82) is 0 Å². The molecule has 3 aromatic rings. The number of nitrogens with two attached hydrogens (primary N) is 1. The van der Waals surface area contributed by atoms with E-state index in [1.807, 2.05) is 17.0 Å². The van der Waals surface area contributed by atoms with Crippen LogP contribution in [-0.2, 0) is 20.6 Å². The van der Waals surface area contributed by atoms with E-state index in [0.717, 1.165) is 23.0 Å². The third kappa shape index (κ3) is 3.43. The maximum atomic E-state index is 13.2. The van der Waals surface area contributed by atoms with Gasteiger partial charge >= 0.3 is 11.7 Å². The zero-order valence-electron chi connectivity index (χ0n) is 17.3. The molecule has 1 atom stereocenters. The van der Waals surface area contributed by atoms with Crippen molar-refractivity contribution in [3.05, 3.63) is 61.3 Å². The van der Waals surface area contributed by atoms with E-state index in [0.29, 0.717) is 23.9 Å². The van der Waals surface area contributed by atoms with Crippen LogP contribution in [0.15, 0.2) is 33.9 Å². The Bertz CT molecular complexity index is 1310. The molecule has 164 valence electrons. The van der Waals surface area contributed by atoms with Gasteiger partial charge in [0.1, 0.15) is 16.9 Å². The van der Waals surface area contributed by atoms with Crippen molar-refractivity contribution < 1.29 is 9.90 Å². The summed E-state index contributed by atoms with van der Waals surface area (Å²) in [6.07, 6.45) is 1.63. The number of aromatic carboxylic acids is 1. The minimum atomic E-state index is -1.21. The first-order valence-corrected chi connectivity index (χ1v) is 10.4. The van der Waals surface area contributed by atoms with Crippen LogP contribution in [0.4, 0.5) is 5.82 Å². The van der Waals surface area contributed by atoms with Gasteiger partial charge in [-0.3, -0.25) is 13.9 Å². The van der Waals surface area contributed by atoms with Crippen molar-refractivity contribution in [2.24, 2.45) is 19.8 Å². The summed E-state index contributed by atoms with van der Waals surface area (Å²) in [6.45, 7) is 1.23. The van der Waals surface area contributed by atoms with Gasteiger partial charge in [0.05, 0.1) is 12.1 Å². The largest absolute Gasteiger partial charge is 0.477 e. The Balaban J connectivity index is 2.13. The number of piperidine rings is 1. The fourth-order valence-electron chi connectivity index (χ4n) is 4.38. The quantitative estimate of drug-likeness (QED) is 0.626. The lowest BCUT2D eigenvalue weighted by atomic mass is 10.1. The van der Waals surface area contributed by atoms with Crippen LogP contribution in [-0.4, -0.2) is 43.9 Å². The number of anilines is 1. The molecule has 4 rings (SSSR count). The highest BCUT2D eigenvalue weighted by atomic mass is 35.5. The number of hydrogen-bond acceptors (Lipinski definition) is 5. The number of hydrogen-bond donors (Lipinski definition) is 2. The lowest BCUT2D eigenvalue weighted by molar-refractivity contribution is 0.0699. The molecule has 1 saturated heterocycles. The van der Waals surface area contributed by atoms with Crippen LogP contribution in [0.3, 0.4) is 0 Å². The monoisotopic (exact) mass is 445 g/mol. The van der Waals surface area contributed by atoms with E-state index in [2.05, 4.69) is 0 Å². The predicted molar refractivity (Wildman–Crippen MR) is 119 cm³/mol. The van der Waals surface area contributed by atoms with Gasteiger partial charge < -0.3 is 20.3 Å². The van der Waals surface area contributed by atoms with Gasteiger partial charge in [0.2, 0.25) is 0 Å². The Morgan fingerprint density at radius 3 is 2.55 bits per heavy atom. The van der Waals surface area contributed by atoms with Gasteiger partial charge in [-0.05, 0) is 24.5 Å². The van der Waals surface area contributed by atoms with Crippen molar-refractivity contribution in [1.82, 2.24) is 13.7 Å². The molecule has 0 aliphatic carbocycles. The minimum absolute atomic E-state index is 0.0755. The number of benzene rings is 1. The Kier molecular flexibility index (Phi) is 5.40. The summed E-state index contributed by atoms with van der Waals surface area (Å²) in [6, 6.07) is 7.08. The summed E-state index contributed by atoms with van der Waals surface area (Å²) in [5.41, 5.74) is 5.94. The molecule has 0 unspecified atom stereocenters. The zero-order valence-corrected chi connectivity index (χ0v) is 18.1. The van der Waals surface area contributed by atoms with Gasteiger partial charge in [0, 0.05) is 38.2 Å². The summed E-state index contributed by atoms with van der Waals surface area (Å²) in [5, 5.41) is 10.7. The van der Waals surface area contributed by atoms with Gasteiger partial charge in [-0.15, -0.1) is 0 Å². The van der Waals surface area contributed by atoms with Crippen LogP contribution in [0.25, 0.3) is 11.0 Å². The molecule has 0 spiro atoms. The third-order valence-electron chi connectivity index (χ3n) is 5.88. The second kappa shape index (κ2) is 7.90. The number of nitrogens with zero attached hydrogens (tertiary/aromatic N) is 4. The number of aromatic nitrogens is 3. The van der Waals surface area contributed by atoms with Crippen molar-refractivity contribution in [3.8, 4) is 0 Å². The molecule has 1 aliphatic heterocycles. The standard InChI is InChI=1S/C21H24ClN5O4/c1-24-16-15(20(29)30)18(26-9-5-7-13(23)11-26)27(10-12-6-3-4-8-14(12)22)17(16)19(28)25(2)21(24)31/h3-4,6,8,13H,5,7,9-11,23H2,1-2H3,(H,29,30)/t13-/m1/s1. The van der Waals surface area contributed by atoms with Gasteiger partial charge in [0.25, 0.3) is 5.56 Å². The fourth-order valence-corrected chi connectivity index (χ4v) is 4.58. The summed E-state index contributed by atoms with van der Waals surface area (Å²) in [5.74, 6) is -0.837. The highest BCUT2D eigenvalue weighted by Gasteiger charge is 2.32. The number of fused-ring (bicyclic) bond motifs is 1. The first-order chi connectivity index (χ1) is 14.7. The van der Waals surface area contributed by atoms with Crippen molar-refractivity contribution in [2.75, 3.05) is 18.0 Å². The average Bonchev–Trinajstić information content (AvgIpc) is 3.07. The Morgan fingerprint density at radius 2 is 1.90 bits per heavy atom. The maximum absolute atomic E-state index is 13.2. The second-order valence-electron chi connectivity index (χ2n) is 7.93. The van der Waals surface area contributed by atoms with Crippen molar-refractivity contribution in [2.45, 2.75) is 25.4 Å². The Morgan fingerprint density at radius 1 is 1.19 bits per heavy atom. The molecule has 31 heavy (non-hydrogen) atoms. The molecule has 3 heterocycles. The molecule has 1 aromatic carbocycles. The molecule has 0 amide bonds. The highest BCUT2D eigenvalue weighted by molar-refractivity contribution is 6.31. The van der Waals surface area contributed by atoms with Crippen LogP contribution in [0, 0.1) is 0 Å². The first-order valence-electron chi connectivity index (χ1n) is 10.0. The van der Waals surface area contributed by atoms with E-state index in [1.165, 1.54) is 18.7 Å². The minimum Gasteiger partial charge on any atom is -0.477 e. The van der Waals surface area contributed by atoms with Crippen molar-refractivity contribution >= 4 is 34.4 Å². The number of carboxylic acid groups (broad SMARTS) is 1. The molecule has 9 nitrogen and oxygen atoms in total. The van der Waals surface area contributed by atoms with E-state index in [-0.39, 0.29) is 29.2 Å². The molecule has 3 N–H and O–H groups in total. The fraction of sp³-hybridized carbons (Fsp3) is 0.381. The third-order valence-corrected chi connectivity index (χ3v) is 6.25. The molecule has 1 fully saturated rings. The number of aryl methyl sites for hydroxylation is 1. The highest BCUT2D eigenvalue weighted by Crippen LogP contribution is 2.34. The van der Waals surface area contributed by atoms with Crippen LogP contribution in [0.5, 0.6) is 0 Å². The summed E-state index contributed by atoms with van der Waals surface area (Å²) < 4.78 is 3.87. The van der Waals surface area contributed by atoms with E-state index in [9.17, 15) is 19.5 Å². The first kappa shape index (κ1) is 21.2. The topological polar surface area (TPSA) is 115 Å². The van der Waals surface area contributed by atoms with Crippen LogP contribution >= 0.6 is 11.6 Å². The average molecular weight is 446 g/mol. The van der Waals surface area contributed by atoms with Gasteiger partial charge in [-0.1, -0.05) is 29.8 Å². The summed E-state index contributed by atoms with van der Waals surface area (Å²) in [7, 11) is 2.86. The number of carbonyl (C=O) groups is 1. The summed E-state index contributed by atoms with van der Waals surface area (Å²) >= 11 is 6.38. The van der Waals surface area contributed by atoms with E-state index >= 15 is 0 Å². The van der Waals surface area contributed by atoms with E-state index in [1.54, 1.807) is 16.7 Å². The van der Waals surface area contributed by atoms with Crippen LogP contribution < -0.4 is 21.9 Å². The second-order valence-corrected chi connectivity index (χ2v) is 8.34. The molecule has 0 radical (unpaired) electrons. The Labute approximate surface area is 182 Å². The van der Waals surface area contributed by atoms with Crippen molar-refractivity contribution in [3.63, 3.8) is 0 Å². The van der Waals surface area contributed by atoms with E-state index < -0.39 is 17.2 Å². The van der Waals surface area contributed by atoms with E-state index in [4.69, 9.17) is 17.3 Å². The van der Waals surface area contributed by atoms with Crippen LogP contribution in [0.1, 0.15) is 28.8 Å². The molecular weight excluding hydrogens is 422 g/mol. The van der Waals surface area contributed by atoms with Gasteiger partial charge in [-0.2, -0.15) is 0 Å². The number of carboxylic acids is 1.